The molecule has 0 aliphatic carbocycles. The summed E-state index contributed by atoms with van der Waals surface area (Å²) in [4.78, 5) is 36.4. The Kier molecular flexibility index (Phi) is 8.54. The second-order valence-electron chi connectivity index (χ2n) is 6.12. The first-order valence-corrected chi connectivity index (χ1v) is 8.05. The first-order chi connectivity index (χ1) is 13.0. The SMILES string of the molecule is CC1CN(Cc2ccc(OC(F)(F)F)cc2)C(=O)C(C(=O)NCC(=O)O)=C1O.[H-].[Na+]. The quantitative estimate of drug-likeness (QED) is 0.385. The number of benzene rings is 1. The van der Waals surface area contributed by atoms with Gasteiger partial charge in [0.2, 0.25) is 0 Å². The summed E-state index contributed by atoms with van der Waals surface area (Å²) in [7, 11) is 0. The molecule has 0 saturated carbocycles. The Hall–Kier alpha value is -2.24. The van der Waals surface area contributed by atoms with Crippen molar-refractivity contribution in [3.8, 4) is 5.75 Å². The van der Waals surface area contributed by atoms with Gasteiger partial charge in [-0.2, -0.15) is 0 Å². The Morgan fingerprint density at radius 2 is 1.90 bits per heavy atom. The van der Waals surface area contributed by atoms with E-state index in [1.165, 1.54) is 17.0 Å². The Bertz CT molecular complexity index is 817. The van der Waals surface area contributed by atoms with E-state index in [1.54, 1.807) is 6.92 Å². The van der Waals surface area contributed by atoms with Crippen LogP contribution in [0.2, 0.25) is 0 Å². The zero-order valence-corrected chi connectivity index (χ0v) is 17.6. The topological polar surface area (TPSA) is 116 Å². The van der Waals surface area contributed by atoms with Crippen LogP contribution in [0.15, 0.2) is 35.6 Å². The summed E-state index contributed by atoms with van der Waals surface area (Å²) < 4.78 is 40.4. The molecule has 0 bridgehead atoms. The van der Waals surface area contributed by atoms with E-state index in [0.717, 1.165) is 12.1 Å². The second kappa shape index (κ2) is 9.99. The molecular formula is C17H18F3N2NaO6. The van der Waals surface area contributed by atoms with Crippen molar-refractivity contribution in [2.45, 2.75) is 19.8 Å². The number of amides is 2. The number of nitrogens with one attached hydrogen (secondary N) is 1. The van der Waals surface area contributed by atoms with Gasteiger partial charge in [-0.25, -0.2) is 0 Å². The van der Waals surface area contributed by atoms with Gasteiger partial charge in [0.15, 0.2) is 0 Å². The van der Waals surface area contributed by atoms with Crippen LogP contribution >= 0.6 is 0 Å². The minimum absolute atomic E-state index is 0. The smallest absolute Gasteiger partial charge is 1.00 e. The molecule has 0 radical (unpaired) electrons. The van der Waals surface area contributed by atoms with E-state index in [0.29, 0.717) is 5.56 Å². The fourth-order valence-electron chi connectivity index (χ4n) is 2.63. The number of carboxylic acids is 1. The minimum atomic E-state index is -4.82. The van der Waals surface area contributed by atoms with E-state index in [2.05, 4.69) is 4.74 Å². The van der Waals surface area contributed by atoms with Gasteiger partial charge < -0.3 is 26.6 Å². The van der Waals surface area contributed by atoms with Crippen molar-refractivity contribution in [3.05, 3.63) is 41.2 Å². The normalized spacial score (nSPS) is 16.9. The Labute approximate surface area is 187 Å². The van der Waals surface area contributed by atoms with Crippen molar-refractivity contribution >= 4 is 17.8 Å². The monoisotopic (exact) mass is 426 g/mol. The number of hydrogen-bond acceptors (Lipinski definition) is 5. The predicted molar refractivity (Wildman–Crippen MR) is 89.1 cm³/mol. The number of carbonyl (C=O) groups is 3. The summed E-state index contributed by atoms with van der Waals surface area (Å²) in [6.07, 6.45) is -4.82. The fraction of sp³-hybridized carbons (Fsp3) is 0.353. The van der Waals surface area contributed by atoms with Crippen LogP contribution in [0, 0.1) is 5.92 Å². The summed E-state index contributed by atoms with van der Waals surface area (Å²) in [5, 5.41) is 20.7. The molecule has 0 fully saturated rings. The maximum Gasteiger partial charge on any atom is 1.00 e. The summed E-state index contributed by atoms with van der Waals surface area (Å²) in [5.74, 6) is -4.60. The van der Waals surface area contributed by atoms with Gasteiger partial charge in [0.25, 0.3) is 11.8 Å². The zero-order chi connectivity index (χ0) is 21.1. The molecule has 2 rings (SSSR count). The minimum Gasteiger partial charge on any atom is -1.00 e. The van der Waals surface area contributed by atoms with Crippen LogP contribution in [0.4, 0.5) is 13.2 Å². The molecule has 1 unspecified atom stereocenters. The van der Waals surface area contributed by atoms with Gasteiger partial charge in [-0.05, 0) is 17.7 Å². The van der Waals surface area contributed by atoms with Crippen LogP contribution in [0.3, 0.4) is 0 Å². The van der Waals surface area contributed by atoms with Crippen LogP contribution in [0.25, 0.3) is 0 Å². The van der Waals surface area contributed by atoms with Crippen LogP contribution < -0.4 is 39.6 Å². The Balaban J connectivity index is 0.00000420. The summed E-state index contributed by atoms with van der Waals surface area (Å²) in [6, 6.07) is 4.85. The number of aliphatic hydroxyl groups is 1. The second-order valence-corrected chi connectivity index (χ2v) is 6.12. The zero-order valence-electron chi connectivity index (χ0n) is 16.6. The van der Waals surface area contributed by atoms with Gasteiger partial charge in [0, 0.05) is 19.0 Å². The number of rotatable bonds is 6. The number of carbonyl (C=O) groups excluding carboxylic acids is 2. The molecule has 0 spiro atoms. The molecule has 12 heteroatoms. The molecule has 0 saturated heterocycles. The number of aliphatic hydroxyl groups excluding tert-OH is 1. The van der Waals surface area contributed by atoms with Crippen molar-refractivity contribution in [3.63, 3.8) is 0 Å². The van der Waals surface area contributed by atoms with E-state index in [4.69, 9.17) is 5.11 Å². The van der Waals surface area contributed by atoms with E-state index < -0.39 is 53.7 Å². The fourth-order valence-corrected chi connectivity index (χ4v) is 2.63. The van der Waals surface area contributed by atoms with E-state index >= 15 is 0 Å². The first kappa shape index (κ1) is 24.8. The van der Waals surface area contributed by atoms with Crippen molar-refractivity contribution in [1.82, 2.24) is 10.2 Å². The molecule has 29 heavy (non-hydrogen) atoms. The molecule has 2 amide bonds. The summed E-state index contributed by atoms with van der Waals surface area (Å²) in [6.45, 7) is 0.886. The number of halogens is 3. The maximum atomic E-state index is 12.6. The van der Waals surface area contributed by atoms with Gasteiger partial charge in [-0.15, -0.1) is 13.2 Å². The van der Waals surface area contributed by atoms with Crippen LogP contribution in [-0.4, -0.2) is 52.3 Å². The van der Waals surface area contributed by atoms with Crippen molar-refractivity contribution < 1.29 is 73.5 Å². The van der Waals surface area contributed by atoms with Crippen molar-refractivity contribution in [2.24, 2.45) is 5.92 Å². The maximum absolute atomic E-state index is 12.6. The average Bonchev–Trinajstić information content (AvgIpc) is 2.58. The van der Waals surface area contributed by atoms with Crippen LogP contribution in [-0.2, 0) is 20.9 Å². The predicted octanol–water partition coefficient (Wildman–Crippen LogP) is -1.31. The third-order valence-corrected chi connectivity index (χ3v) is 3.88. The van der Waals surface area contributed by atoms with Gasteiger partial charge in [0.05, 0.1) is 0 Å². The van der Waals surface area contributed by atoms with Gasteiger partial charge in [0.1, 0.15) is 23.6 Å². The molecule has 1 aromatic rings. The molecule has 8 nitrogen and oxygen atoms in total. The molecule has 1 aliphatic rings. The number of aliphatic carboxylic acids is 1. The van der Waals surface area contributed by atoms with Gasteiger partial charge in [-0.3, -0.25) is 14.4 Å². The third kappa shape index (κ3) is 6.94. The Morgan fingerprint density at radius 1 is 1.31 bits per heavy atom. The standard InChI is InChI=1S/C17H17F3N2O6.Na.H/c1-9-7-22(8-10-2-4-11(5-3-10)28-17(18,19)20)16(27)13(14(9)25)15(26)21-6-12(23)24;;/h2-5,9,25H,6-8H2,1H3,(H,21,26)(H,23,24);;/q;+1;-1. The molecule has 0 aromatic heterocycles. The molecule has 3 N–H and O–H groups in total. The van der Waals surface area contributed by atoms with E-state index in [1.807, 2.05) is 5.32 Å². The van der Waals surface area contributed by atoms with Gasteiger partial charge in [-0.1, -0.05) is 19.1 Å². The molecular weight excluding hydrogens is 408 g/mol. The van der Waals surface area contributed by atoms with Gasteiger partial charge >= 0.3 is 41.9 Å². The molecule has 154 valence electrons. The number of nitrogens with zero attached hydrogens (tertiary/aromatic N) is 1. The first-order valence-electron chi connectivity index (χ1n) is 8.05. The van der Waals surface area contributed by atoms with Crippen LogP contribution in [0.1, 0.15) is 13.9 Å². The average molecular weight is 426 g/mol. The van der Waals surface area contributed by atoms with Crippen molar-refractivity contribution in [2.75, 3.05) is 13.1 Å². The van der Waals surface area contributed by atoms with Crippen molar-refractivity contribution in [1.29, 1.82) is 0 Å². The molecule has 1 atom stereocenters. The number of carboxylic acid groups (broad SMARTS) is 1. The molecule has 1 heterocycles. The van der Waals surface area contributed by atoms with E-state index in [-0.39, 0.29) is 44.1 Å². The number of ether oxygens (including phenoxy) is 1. The number of alkyl halides is 3. The Morgan fingerprint density at radius 3 is 2.41 bits per heavy atom. The summed E-state index contributed by atoms with van der Waals surface area (Å²) in [5.41, 5.74) is -0.0845. The molecule has 1 aromatic carbocycles. The summed E-state index contributed by atoms with van der Waals surface area (Å²) >= 11 is 0. The van der Waals surface area contributed by atoms with E-state index in [9.17, 15) is 32.7 Å². The largest absolute Gasteiger partial charge is 1.00 e. The molecule has 1 aliphatic heterocycles. The van der Waals surface area contributed by atoms with Crippen LogP contribution in [0.5, 0.6) is 5.75 Å². The number of hydrogen-bond donors (Lipinski definition) is 3. The third-order valence-electron chi connectivity index (χ3n) is 3.88.